The van der Waals surface area contributed by atoms with Crippen molar-refractivity contribution < 1.29 is 0 Å². The van der Waals surface area contributed by atoms with E-state index in [1.165, 1.54) is 59.1 Å². The van der Waals surface area contributed by atoms with Crippen LogP contribution in [0.5, 0.6) is 0 Å². The lowest BCUT2D eigenvalue weighted by atomic mass is 9.82. The molecule has 0 bridgehead atoms. The molecule has 2 heterocycles. The Hall–Kier alpha value is -6.94. The minimum Gasteiger partial charge on any atom is -0.228 e. The molecule has 2 aromatic heterocycles. The van der Waals surface area contributed by atoms with Gasteiger partial charge in [-0.2, -0.15) is 0 Å². The highest BCUT2D eigenvalue weighted by atomic mass is 32.1. The fourth-order valence-electron chi connectivity index (χ4n) is 8.89. The summed E-state index contributed by atoms with van der Waals surface area (Å²) >= 11 is 1.87. The van der Waals surface area contributed by atoms with Crippen LogP contribution in [0.25, 0.3) is 98.6 Å². The summed E-state index contributed by atoms with van der Waals surface area (Å²) in [6.07, 6.45) is 0. The van der Waals surface area contributed by atoms with Crippen LogP contribution >= 0.6 is 11.3 Å². The molecule has 0 saturated carbocycles. The van der Waals surface area contributed by atoms with Crippen LogP contribution in [0, 0.1) is 0 Å². The Morgan fingerprint density at radius 1 is 0.362 bits per heavy atom. The molecule has 274 valence electrons. The van der Waals surface area contributed by atoms with Gasteiger partial charge in [0.1, 0.15) is 0 Å². The third-order valence-electron chi connectivity index (χ3n) is 11.9. The molecule has 0 saturated heterocycles. The number of rotatable bonds is 6. The summed E-state index contributed by atoms with van der Waals surface area (Å²) in [6.45, 7) is 4.66. The van der Waals surface area contributed by atoms with E-state index in [-0.39, 0.29) is 5.41 Å². The zero-order valence-electron chi connectivity index (χ0n) is 32.3. The van der Waals surface area contributed by atoms with Gasteiger partial charge in [-0.25, -0.2) is 9.97 Å². The molecular formula is C55H38N2S. The number of aromatic nitrogens is 2. The Morgan fingerprint density at radius 2 is 0.931 bits per heavy atom. The molecule has 2 nitrogen and oxygen atoms in total. The van der Waals surface area contributed by atoms with E-state index in [9.17, 15) is 0 Å². The monoisotopic (exact) mass is 758 g/mol. The molecule has 0 spiro atoms. The second kappa shape index (κ2) is 13.6. The van der Waals surface area contributed by atoms with Gasteiger partial charge in [-0.3, -0.25) is 0 Å². The maximum absolute atomic E-state index is 5.34. The van der Waals surface area contributed by atoms with Crippen molar-refractivity contribution in [1.82, 2.24) is 9.97 Å². The highest BCUT2D eigenvalue weighted by Gasteiger charge is 2.35. The molecule has 11 rings (SSSR count). The minimum absolute atomic E-state index is 0.119. The zero-order chi connectivity index (χ0) is 38.8. The SMILES string of the molecule is CC1(C)c2ccccc2-c2ccc(-c3cc(-c4cc(-c5ccccc5)cc(-c5cc(-c6ccccc6)c6sc7ccccc7c6c5)c4)nc(-c4ccccc4)n3)cc21. The molecule has 0 unspecified atom stereocenters. The third-order valence-corrected chi connectivity index (χ3v) is 13.1. The fourth-order valence-corrected chi connectivity index (χ4v) is 10.1. The summed E-state index contributed by atoms with van der Waals surface area (Å²) in [5.74, 6) is 0.709. The van der Waals surface area contributed by atoms with E-state index in [1.807, 2.05) is 17.4 Å². The number of fused-ring (bicyclic) bond motifs is 6. The first kappa shape index (κ1) is 34.3. The van der Waals surface area contributed by atoms with E-state index in [0.29, 0.717) is 5.82 Å². The van der Waals surface area contributed by atoms with Gasteiger partial charge in [0.25, 0.3) is 0 Å². The van der Waals surface area contributed by atoms with Crippen molar-refractivity contribution in [3.05, 3.63) is 205 Å². The van der Waals surface area contributed by atoms with E-state index in [2.05, 4.69) is 202 Å². The molecule has 0 aliphatic heterocycles. The smallest absolute Gasteiger partial charge is 0.160 e. The molecule has 0 amide bonds. The lowest BCUT2D eigenvalue weighted by molar-refractivity contribution is 0.660. The quantitative estimate of drug-likeness (QED) is 0.169. The maximum atomic E-state index is 5.34. The van der Waals surface area contributed by atoms with E-state index in [1.54, 1.807) is 0 Å². The maximum Gasteiger partial charge on any atom is 0.160 e. The Morgan fingerprint density at radius 3 is 1.69 bits per heavy atom. The van der Waals surface area contributed by atoms with Gasteiger partial charge in [-0.05, 0) is 98.6 Å². The summed E-state index contributed by atoms with van der Waals surface area (Å²) in [6, 6.07) is 70.2. The number of nitrogens with zero attached hydrogens (tertiary/aromatic N) is 2. The van der Waals surface area contributed by atoms with Gasteiger partial charge in [-0.1, -0.05) is 159 Å². The number of hydrogen-bond acceptors (Lipinski definition) is 3. The number of benzene rings is 8. The van der Waals surface area contributed by atoms with E-state index < -0.39 is 0 Å². The molecule has 1 aliphatic rings. The number of hydrogen-bond donors (Lipinski definition) is 0. The van der Waals surface area contributed by atoms with Gasteiger partial charge in [0.05, 0.1) is 11.4 Å². The molecule has 1 aliphatic carbocycles. The van der Waals surface area contributed by atoms with Gasteiger partial charge in [0.2, 0.25) is 0 Å². The van der Waals surface area contributed by atoms with Crippen LogP contribution in [-0.2, 0) is 5.41 Å². The van der Waals surface area contributed by atoms with Crippen molar-refractivity contribution in [3.8, 4) is 78.4 Å². The van der Waals surface area contributed by atoms with Crippen LogP contribution in [-0.4, -0.2) is 9.97 Å². The van der Waals surface area contributed by atoms with Crippen LogP contribution in [0.1, 0.15) is 25.0 Å². The Bertz CT molecular complexity index is 3180. The predicted octanol–water partition coefficient (Wildman–Crippen LogP) is 15.2. The lowest BCUT2D eigenvalue weighted by Crippen LogP contribution is -2.14. The molecule has 3 heteroatoms. The second-order valence-electron chi connectivity index (χ2n) is 15.8. The van der Waals surface area contributed by atoms with Crippen molar-refractivity contribution in [3.63, 3.8) is 0 Å². The molecule has 10 aromatic rings. The topological polar surface area (TPSA) is 25.8 Å². The summed E-state index contributed by atoms with van der Waals surface area (Å²) in [5, 5.41) is 2.57. The summed E-state index contributed by atoms with van der Waals surface area (Å²) < 4.78 is 2.61. The average molecular weight is 759 g/mol. The van der Waals surface area contributed by atoms with Crippen molar-refractivity contribution in [2.45, 2.75) is 19.3 Å². The first-order valence-electron chi connectivity index (χ1n) is 19.9. The van der Waals surface area contributed by atoms with Crippen molar-refractivity contribution in [1.29, 1.82) is 0 Å². The van der Waals surface area contributed by atoms with Crippen LogP contribution < -0.4 is 0 Å². The number of thiophene rings is 1. The van der Waals surface area contributed by atoms with Gasteiger partial charge in [-0.15, -0.1) is 11.3 Å². The Kier molecular flexibility index (Phi) is 8.06. The summed E-state index contributed by atoms with van der Waals surface area (Å²) in [5.41, 5.74) is 17.2. The first-order valence-corrected chi connectivity index (χ1v) is 20.7. The van der Waals surface area contributed by atoms with Crippen LogP contribution in [0.3, 0.4) is 0 Å². The van der Waals surface area contributed by atoms with Crippen LogP contribution in [0.4, 0.5) is 0 Å². The molecule has 0 N–H and O–H groups in total. The summed E-state index contributed by atoms with van der Waals surface area (Å²) in [4.78, 5) is 10.6. The zero-order valence-corrected chi connectivity index (χ0v) is 33.1. The highest BCUT2D eigenvalue weighted by molar-refractivity contribution is 7.26. The first-order chi connectivity index (χ1) is 28.5. The van der Waals surface area contributed by atoms with E-state index >= 15 is 0 Å². The molecule has 58 heavy (non-hydrogen) atoms. The van der Waals surface area contributed by atoms with Crippen molar-refractivity contribution >= 4 is 31.5 Å². The molecule has 0 radical (unpaired) electrons. The molecule has 0 fully saturated rings. The van der Waals surface area contributed by atoms with Crippen molar-refractivity contribution in [2.75, 3.05) is 0 Å². The Balaban J connectivity index is 1.14. The van der Waals surface area contributed by atoms with Gasteiger partial charge in [0, 0.05) is 47.8 Å². The van der Waals surface area contributed by atoms with Crippen LogP contribution in [0.2, 0.25) is 0 Å². The standard InChI is InChI=1S/C55H38N2S/c1-55(2)48-24-14-12-22-43(48)44-27-26-38(33-49(44)55)50-34-51(57-54(56-50)37-20-10-5-11-21-37)42-29-39(35-16-6-3-7-17-35)28-40(30-42)41-31-46(36-18-8-4-9-19-36)53-47(32-41)45-23-13-15-25-52(45)58-53/h3-34H,1-2H3. The molecule has 0 atom stereocenters. The third kappa shape index (κ3) is 5.78. The summed E-state index contributed by atoms with van der Waals surface area (Å²) in [7, 11) is 0. The largest absolute Gasteiger partial charge is 0.228 e. The fraction of sp³-hybridized carbons (Fsp3) is 0.0545. The predicted molar refractivity (Wildman–Crippen MR) is 245 cm³/mol. The average Bonchev–Trinajstić information content (AvgIpc) is 3.78. The highest BCUT2D eigenvalue weighted by Crippen LogP contribution is 2.50. The van der Waals surface area contributed by atoms with Gasteiger partial charge < -0.3 is 0 Å². The van der Waals surface area contributed by atoms with Crippen molar-refractivity contribution in [2.24, 2.45) is 0 Å². The van der Waals surface area contributed by atoms with Gasteiger partial charge in [0.15, 0.2) is 5.82 Å². The van der Waals surface area contributed by atoms with E-state index in [4.69, 9.17) is 9.97 Å². The minimum atomic E-state index is -0.119. The molecular weight excluding hydrogens is 721 g/mol. The van der Waals surface area contributed by atoms with Gasteiger partial charge >= 0.3 is 0 Å². The molecule has 8 aromatic carbocycles. The lowest BCUT2D eigenvalue weighted by Gasteiger charge is -2.22. The van der Waals surface area contributed by atoms with E-state index in [0.717, 1.165) is 44.8 Å². The Labute approximate surface area is 342 Å². The normalized spacial score (nSPS) is 12.8. The second-order valence-corrected chi connectivity index (χ2v) is 16.8. The van der Waals surface area contributed by atoms with Crippen LogP contribution in [0.15, 0.2) is 194 Å².